The Hall–Kier alpha value is -1.31. The van der Waals surface area contributed by atoms with Crippen LogP contribution in [0, 0.1) is 6.92 Å². The van der Waals surface area contributed by atoms with Gasteiger partial charge in [-0.15, -0.1) is 0 Å². The normalized spacial score (nSPS) is 11.6. The number of aromatic nitrogens is 2. The SMILES string of the molecule is C=Cc1c(C)c(C(CC)CC)nn1/C=C\C. The minimum atomic E-state index is 0.560. The molecule has 0 aliphatic carbocycles. The molecule has 88 valence electrons. The van der Waals surface area contributed by atoms with E-state index in [0.29, 0.717) is 5.92 Å². The Bertz CT molecular complexity index is 382. The number of hydrogen-bond acceptors (Lipinski definition) is 1. The second kappa shape index (κ2) is 5.69. The second-order valence-corrected chi connectivity index (χ2v) is 4.04. The van der Waals surface area contributed by atoms with Crippen LogP contribution in [0.1, 0.15) is 56.5 Å². The van der Waals surface area contributed by atoms with Gasteiger partial charge in [0.1, 0.15) is 0 Å². The fraction of sp³-hybridized carbons (Fsp3) is 0.500. The third kappa shape index (κ3) is 2.26. The largest absolute Gasteiger partial charge is 0.241 e. The molecule has 0 fully saturated rings. The third-order valence-electron chi connectivity index (χ3n) is 3.09. The molecule has 0 unspecified atom stereocenters. The zero-order valence-electron chi connectivity index (χ0n) is 10.8. The summed E-state index contributed by atoms with van der Waals surface area (Å²) in [5.41, 5.74) is 3.60. The first-order valence-electron chi connectivity index (χ1n) is 6.03. The molecule has 0 spiro atoms. The molecule has 0 N–H and O–H groups in total. The van der Waals surface area contributed by atoms with Crippen molar-refractivity contribution in [3.8, 4) is 0 Å². The van der Waals surface area contributed by atoms with E-state index in [1.165, 1.54) is 11.3 Å². The summed E-state index contributed by atoms with van der Waals surface area (Å²) in [7, 11) is 0. The van der Waals surface area contributed by atoms with E-state index in [9.17, 15) is 0 Å². The highest BCUT2D eigenvalue weighted by Gasteiger charge is 2.17. The van der Waals surface area contributed by atoms with E-state index in [1.54, 1.807) is 0 Å². The summed E-state index contributed by atoms with van der Waals surface area (Å²) in [4.78, 5) is 0. The molecule has 1 heterocycles. The smallest absolute Gasteiger partial charge is 0.0694 e. The Labute approximate surface area is 98.7 Å². The van der Waals surface area contributed by atoms with Gasteiger partial charge in [0.05, 0.1) is 11.4 Å². The van der Waals surface area contributed by atoms with Gasteiger partial charge in [-0.05, 0) is 38.3 Å². The van der Waals surface area contributed by atoms with Crippen molar-refractivity contribution in [3.63, 3.8) is 0 Å². The van der Waals surface area contributed by atoms with E-state index in [2.05, 4.69) is 32.4 Å². The van der Waals surface area contributed by atoms with E-state index in [-0.39, 0.29) is 0 Å². The van der Waals surface area contributed by atoms with Crippen LogP contribution in [0.15, 0.2) is 12.7 Å². The molecule has 2 nitrogen and oxygen atoms in total. The second-order valence-electron chi connectivity index (χ2n) is 4.04. The number of rotatable bonds is 5. The van der Waals surface area contributed by atoms with Gasteiger partial charge in [-0.2, -0.15) is 5.10 Å². The molecule has 0 amide bonds. The molecular weight excluding hydrogens is 196 g/mol. The average molecular weight is 218 g/mol. The van der Waals surface area contributed by atoms with Gasteiger partial charge in [0.2, 0.25) is 0 Å². The van der Waals surface area contributed by atoms with E-state index in [4.69, 9.17) is 0 Å². The van der Waals surface area contributed by atoms with Gasteiger partial charge in [0.15, 0.2) is 0 Å². The van der Waals surface area contributed by atoms with Crippen LogP contribution < -0.4 is 0 Å². The zero-order valence-corrected chi connectivity index (χ0v) is 10.8. The number of allylic oxidation sites excluding steroid dienone is 1. The maximum Gasteiger partial charge on any atom is 0.0694 e. The van der Waals surface area contributed by atoms with Gasteiger partial charge in [-0.1, -0.05) is 26.5 Å². The van der Waals surface area contributed by atoms with E-state index in [1.807, 2.05) is 30.0 Å². The molecule has 0 saturated heterocycles. The van der Waals surface area contributed by atoms with Gasteiger partial charge in [0.25, 0.3) is 0 Å². The van der Waals surface area contributed by atoms with Crippen LogP contribution in [0.5, 0.6) is 0 Å². The lowest BCUT2D eigenvalue weighted by molar-refractivity contribution is 0.613. The van der Waals surface area contributed by atoms with Crippen molar-refractivity contribution >= 4 is 12.3 Å². The van der Waals surface area contributed by atoms with Crippen molar-refractivity contribution in [3.05, 3.63) is 29.6 Å². The minimum Gasteiger partial charge on any atom is -0.241 e. The van der Waals surface area contributed by atoms with Crippen LogP contribution in [0.4, 0.5) is 0 Å². The van der Waals surface area contributed by atoms with E-state index in [0.717, 1.165) is 18.5 Å². The molecule has 2 heteroatoms. The molecule has 1 rings (SSSR count). The Morgan fingerprint density at radius 3 is 2.44 bits per heavy atom. The fourth-order valence-electron chi connectivity index (χ4n) is 2.11. The van der Waals surface area contributed by atoms with Gasteiger partial charge >= 0.3 is 0 Å². The van der Waals surface area contributed by atoms with Crippen molar-refractivity contribution in [1.29, 1.82) is 0 Å². The minimum absolute atomic E-state index is 0.560. The molecule has 1 aromatic rings. The quantitative estimate of drug-likeness (QED) is 0.723. The molecule has 0 aliphatic heterocycles. The first-order valence-corrected chi connectivity index (χ1v) is 6.03. The standard InChI is InChI=1S/C14H22N2/c1-6-10-16-13(9-4)11(5)14(15-16)12(7-2)8-3/h6,9-10,12H,4,7-8H2,1-3,5H3/b10-6-. The Morgan fingerprint density at radius 1 is 1.38 bits per heavy atom. The molecule has 0 bridgehead atoms. The summed E-state index contributed by atoms with van der Waals surface area (Å²) < 4.78 is 1.93. The first-order chi connectivity index (χ1) is 7.69. The predicted molar refractivity (Wildman–Crippen MR) is 71.4 cm³/mol. The van der Waals surface area contributed by atoms with Crippen molar-refractivity contribution in [1.82, 2.24) is 9.78 Å². The van der Waals surface area contributed by atoms with Crippen LogP contribution in [0.2, 0.25) is 0 Å². The fourth-order valence-corrected chi connectivity index (χ4v) is 2.11. The molecule has 0 atom stereocenters. The van der Waals surface area contributed by atoms with Crippen molar-refractivity contribution in [2.45, 2.75) is 46.5 Å². The molecule has 16 heavy (non-hydrogen) atoms. The Kier molecular flexibility index (Phi) is 4.53. The Balaban J connectivity index is 3.26. The molecule has 0 aromatic carbocycles. The highest BCUT2D eigenvalue weighted by Crippen LogP contribution is 2.27. The third-order valence-corrected chi connectivity index (χ3v) is 3.09. The van der Waals surface area contributed by atoms with Crippen LogP contribution in [-0.4, -0.2) is 9.78 Å². The van der Waals surface area contributed by atoms with E-state index >= 15 is 0 Å². The van der Waals surface area contributed by atoms with Gasteiger partial charge in [0, 0.05) is 12.1 Å². The van der Waals surface area contributed by atoms with Crippen molar-refractivity contribution < 1.29 is 0 Å². The molecule has 0 radical (unpaired) electrons. The molecule has 0 aliphatic rings. The van der Waals surface area contributed by atoms with Gasteiger partial charge in [-0.3, -0.25) is 0 Å². The highest BCUT2D eigenvalue weighted by atomic mass is 15.3. The first kappa shape index (κ1) is 12.8. The zero-order chi connectivity index (χ0) is 12.1. The summed E-state index contributed by atoms with van der Waals surface area (Å²) in [6, 6.07) is 0. The summed E-state index contributed by atoms with van der Waals surface area (Å²) >= 11 is 0. The van der Waals surface area contributed by atoms with Crippen molar-refractivity contribution in [2.24, 2.45) is 0 Å². The van der Waals surface area contributed by atoms with Crippen LogP contribution in [0.25, 0.3) is 12.3 Å². The predicted octanol–water partition coefficient (Wildman–Crippen LogP) is 4.23. The molecule has 0 saturated carbocycles. The highest BCUT2D eigenvalue weighted by molar-refractivity contribution is 5.52. The van der Waals surface area contributed by atoms with E-state index < -0.39 is 0 Å². The Morgan fingerprint density at radius 2 is 2.00 bits per heavy atom. The number of nitrogens with zero attached hydrogens (tertiary/aromatic N) is 2. The van der Waals surface area contributed by atoms with Gasteiger partial charge < -0.3 is 0 Å². The number of hydrogen-bond donors (Lipinski definition) is 0. The lowest BCUT2D eigenvalue weighted by Gasteiger charge is -2.09. The molecular formula is C14H22N2. The van der Waals surface area contributed by atoms with Crippen LogP contribution in [-0.2, 0) is 0 Å². The average Bonchev–Trinajstić information content (AvgIpc) is 2.58. The van der Waals surface area contributed by atoms with Crippen molar-refractivity contribution in [2.75, 3.05) is 0 Å². The maximum absolute atomic E-state index is 4.67. The summed E-state index contributed by atoms with van der Waals surface area (Å²) in [5.74, 6) is 0.560. The van der Waals surface area contributed by atoms with Gasteiger partial charge in [-0.25, -0.2) is 4.68 Å². The monoisotopic (exact) mass is 218 g/mol. The van der Waals surface area contributed by atoms with Crippen LogP contribution >= 0.6 is 0 Å². The molecule has 1 aromatic heterocycles. The summed E-state index contributed by atoms with van der Waals surface area (Å²) in [6.45, 7) is 12.4. The summed E-state index contributed by atoms with van der Waals surface area (Å²) in [6.07, 6.45) is 8.14. The lowest BCUT2D eigenvalue weighted by atomic mass is 9.96. The van der Waals surface area contributed by atoms with Crippen LogP contribution in [0.3, 0.4) is 0 Å². The summed E-state index contributed by atoms with van der Waals surface area (Å²) in [5, 5.41) is 4.67. The lowest BCUT2D eigenvalue weighted by Crippen LogP contribution is -1.99. The maximum atomic E-state index is 4.67. The topological polar surface area (TPSA) is 17.8 Å².